The van der Waals surface area contributed by atoms with Gasteiger partial charge in [0.15, 0.2) is 0 Å². The van der Waals surface area contributed by atoms with Gasteiger partial charge >= 0.3 is 0 Å². The van der Waals surface area contributed by atoms with E-state index in [1.54, 1.807) is 6.92 Å². The predicted molar refractivity (Wildman–Crippen MR) is 52.9 cm³/mol. The molecule has 0 radical (unpaired) electrons. The molecule has 0 heterocycles. The van der Waals surface area contributed by atoms with Gasteiger partial charge in [-0.1, -0.05) is 19.4 Å². The highest BCUT2D eigenvalue weighted by Crippen LogP contribution is 2.24. The monoisotopic (exact) mass is 199 g/mol. The number of nitrogens with two attached hydrogens (primary N) is 1. The lowest BCUT2D eigenvalue weighted by atomic mass is 10.00. The second-order valence-electron chi connectivity index (χ2n) is 3.49. The minimum atomic E-state index is -0.547. The highest BCUT2D eigenvalue weighted by molar-refractivity contribution is 5.28. The first-order valence-corrected chi connectivity index (χ1v) is 4.78. The zero-order chi connectivity index (χ0) is 10.7. The third kappa shape index (κ3) is 2.10. The van der Waals surface area contributed by atoms with Gasteiger partial charge in [-0.25, -0.2) is 8.78 Å². The van der Waals surface area contributed by atoms with E-state index in [-0.39, 0.29) is 5.56 Å². The SMILES string of the molecule is CCCC(N)c1c(F)ccc(C)c1F. The molecule has 1 rings (SSSR count). The van der Waals surface area contributed by atoms with Crippen LogP contribution in [0.2, 0.25) is 0 Å². The van der Waals surface area contributed by atoms with Gasteiger partial charge in [0.25, 0.3) is 0 Å². The van der Waals surface area contributed by atoms with E-state index < -0.39 is 17.7 Å². The van der Waals surface area contributed by atoms with Gasteiger partial charge in [0.1, 0.15) is 11.6 Å². The van der Waals surface area contributed by atoms with E-state index in [9.17, 15) is 8.78 Å². The van der Waals surface area contributed by atoms with Crippen LogP contribution in [0, 0.1) is 18.6 Å². The first kappa shape index (κ1) is 11.1. The Morgan fingerprint density at radius 2 is 2.00 bits per heavy atom. The topological polar surface area (TPSA) is 26.0 Å². The van der Waals surface area contributed by atoms with Gasteiger partial charge in [-0.15, -0.1) is 0 Å². The highest BCUT2D eigenvalue weighted by Gasteiger charge is 2.17. The lowest BCUT2D eigenvalue weighted by Crippen LogP contribution is -2.14. The molecule has 0 aliphatic rings. The quantitative estimate of drug-likeness (QED) is 0.795. The molecule has 0 aromatic heterocycles. The van der Waals surface area contributed by atoms with Crippen molar-refractivity contribution in [3.8, 4) is 0 Å². The van der Waals surface area contributed by atoms with Crippen molar-refractivity contribution in [1.29, 1.82) is 0 Å². The third-order valence-corrected chi connectivity index (χ3v) is 2.29. The number of rotatable bonds is 3. The van der Waals surface area contributed by atoms with Crippen molar-refractivity contribution in [2.75, 3.05) is 0 Å². The van der Waals surface area contributed by atoms with Gasteiger partial charge in [0.2, 0.25) is 0 Å². The summed E-state index contributed by atoms with van der Waals surface area (Å²) in [6, 6.07) is 2.15. The molecule has 1 aromatic rings. The maximum atomic E-state index is 13.5. The Morgan fingerprint density at radius 1 is 1.36 bits per heavy atom. The Balaban J connectivity index is 3.11. The maximum Gasteiger partial charge on any atom is 0.133 e. The standard InChI is InChI=1S/C11H15F2N/c1-3-4-9(14)10-8(12)6-5-7(2)11(10)13/h5-6,9H,3-4,14H2,1-2H3. The Kier molecular flexibility index (Phi) is 3.58. The van der Waals surface area contributed by atoms with Crippen molar-refractivity contribution >= 4 is 0 Å². The molecular weight excluding hydrogens is 184 g/mol. The summed E-state index contributed by atoms with van der Waals surface area (Å²) in [6.07, 6.45) is 1.41. The number of hydrogen-bond donors (Lipinski definition) is 1. The molecular formula is C11H15F2N. The van der Waals surface area contributed by atoms with Gasteiger partial charge in [-0.3, -0.25) is 0 Å². The fourth-order valence-corrected chi connectivity index (χ4v) is 1.47. The molecule has 2 N–H and O–H groups in total. The van der Waals surface area contributed by atoms with E-state index in [2.05, 4.69) is 0 Å². The molecule has 1 aromatic carbocycles. The first-order valence-electron chi connectivity index (χ1n) is 4.78. The van der Waals surface area contributed by atoms with Crippen LogP contribution in [0.25, 0.3) is 0 Å². The molecule has 0 aliphatic carbocycles. The van der Waals surface area contributed by atoms with Gasteiger partial charge < -0.3 is 5.73 Å². The molecule has 0 saturated carbocycles. The lowest BCUT2D eigenvalue weighted by Gasteiger charge is -2.13. The molecule has 0 saturated heterocycles. The maximum absolute atomic E-state index is 13.5. The second kappa shape index (κ2) is 4.51. The van der Waals surface area contributed by atoms with E-state index in [1.165, 1.54) is 12.1 Å². The Hall–Kier alpha value is -0.960. The normalized spacial score (nSPS) is 12.9. The van der Waals surface area contributed by atoms with Crippen LogP contribution in [-0.4, -0.2) is 0 Å². The summed E-state index contributed by atoms with van der Waals surface area (Å²) in [6.45, 7) is 3.54. The molecule has 1 nitrogen and oxygen atoms in total. The fourth-order valence-electron chi connectivity index (χ4n) is 1.47. The van der Waals surface area contributed by atoms with E-state index in [0.717, 1.165) is 6.42 Å². The molecule has 0 spiro atoms. The summed E-state index contributed by atoms with van der Waals surface area (Å²) in [5.74, 6) is -1.06. The van der Waals surface area contributed by atoms with Crippen molar-refractivity contribution in [3.63, 3.8) is 0 Å². The van der Waals surface area contributed by atoms with Crippen molar-refractivity contribution in [1.82, 2.24) is 0 Å². The Bertz CT molecular complexity index is 323. The summed E-state index contributed by atoms with van der Waals surface area (Å²) in [5.41, 5.74) is 6.15. The van der Waals surface area contributed by atoms with Crippen LogP contribution >= 0.6 is 0 Å². The van der Waals surface area contributed by atoms with Crippen LogP contribution in [0.1, 0.15) is 36.9 Å². The van der Waals surface area contributed by atoms with Crippen LogP contribution in [0.3, 0.4) is 0 Å². The molecule has 1 unspecified atom stereocenters. The summed E-state index contributed by atoms with van der Waals surface area (Å²) in [5, 5.41) is 0. The van der Waals surface area contributed by atoms with Gasteiger partial charge in [0.05, 0.1) is 0 Å². The molecule has 0 aliphatic heterocycles. The van der Waals surface area contributed by atoms with Crippen molar-refractivity contribution in [2.24, 2.45) is 5.73 Å². The second-order valence-corrected chi connectivity index (χ2v) is 3.49. The third-order valence-electron chi connectivity index (χ3n) is 2.29. The Morgan fingerprint density at radius 3 is 2.57 bits per heavy atom. The molecule has 3 heteroatoms. The predicted octanol–water partition coefficient (Wildman–Crippen LogP) is 3.07. The van der Waals surface area contributed by atoms with Crippen LogP contribution in [0.5, 0.6) is 0 Å². The highest BCUT2D eigenvalue weighted by atomic mass is 19.1. The average Bonchev–Trinajstić information content (AvgIpc) is 2.13. The number of aryl methyl sites for hydroxylation is 1. The molecule has 0 fully saturated rings. The summed E-state index contributed by atoms with van der Waals surface area (Å²) >= 11 is 0. The zero-order valence-corrected chi connectivity index (χ0v) is 8.48. The van der Waals surface area contributed by atoms with Crippen molar-refractivity contribution in [3.05, 3.63) is 34.9 Å². The molecule has 0 amide bonds. The minimum absolute atomic E-state index is 0.0202. The average molecular weight is 199 g/mol. The number of halogens is 2. The van der Waals surface area contributed by atoms with Crippen LogP contribution in [-0.2, 0) is 0 Å². The number of hydrogen-bond acceptors (Lipinski definition) is 1. The largest absolute Gasteiger partial charge is 0.324 e. The fraction of sp³-hybridized carbons (Fsp3) is 0.455. The van der Waals surface area contributed by atoms with Gasteiger partial charge in [0, 0.05) is 11.6 Å². The van der Waals surface area contributed by atoms with Crippen LogP contribution in [0.15, 0.2) is 12.1 Å². The summed E-state index contributed by atoms with van der Waals surface area (Å²) < 4.78 is 26.8. The summed E-state index contributed by atoms with van der Waals surface area (Å²) in [7, 11) is 0. The lowest BCUT2D eigenvalue weighted by molar-refractivity contribution is 0.506. The van der Waals surface area contributed by atoms with Crippen molar-refractivity contribution < 1.29 is 8.78 Å². The minimum Gasteiger partial charge on any atom is -0.324 e. The van der Waals surface area contributed by atoms with E-state index in [0.29, 0.717) is 12.0 Å². The smallest absolute Gasteiger partial charge is 0.133 e. The van der Waals surface area contributed by atoms with Gasteiger partial charge in [-0.05, 0) is 25.0 Å². The van der Waals surface area contributed by atoms with Gasteiger partial charge in [-0.2, -0.15) is 0 Å². The van der Waals surface area contributed by atoms with Crippen molar-refractivity contribution in [2.45, 2.75) is 32.7 Å². The van der Waals surface area contributed by atoms with Crippen LogP contribution in [0.4, 0.5) is 8.78 Å². The van der Waals surface area contributed by atoms with E-state index >= 15 is 0 Å². The van der Waals surface area contributed by atoms with Crippen LogP contribution < -0.4 is 5.73 Å². The number of benzene rings is 1. The first-order chi connectivity index (χ1) is 6.57. The molecule has 0 bridgehead atoms. The molecule has 78 valence electrons. The molecule has 1 atom stereocenters. The zero-order valence-electron chi connectivity index (χ0n) is 8.48. The van der Waals surface area contributed by atoms with E-state index in [1.807, 2.05) is 6.92 Å². The molecule has 14 heavy (non-hydrogen) atoms. The Labute approximate surface area is 82.9 Å². The van der Waals surface area contributed by atoms with E-state index in [4.69, 9.17) is 5.73 Å². The summed E-state index contributed by atoms with van der Waals surface area (Å²) in [4.78, 5) is 0.